The summed E-state index contributed by atoms with van der Waals surface area (Å²) in [5, 5.41) is 1.52. The van der Waals surface area contributed by atoms with Crippen molar-refractivity contribution in [3.8, 4) is 0 Å². The van der Waals surface area contributed by atoms with Crippen LogP contribution in [0.1, 0.15) is 5.56 Å². The molecule has 1 aliphatic rings. The van der Waals surface area contributed by atoms with Crippen LogP contribution in [0.5, 0.6) is 0 Å². The molecule has 0 fully saturated rings. The number of carbonyl (C=O) groups excluding carboxylic acids is 1. The summed E-state index contributed by atoms with van der Waals surface area (Å²) >= 11 is 5.85. The predicted octanol–water partition coefficient (Wildman–Crippen LogP) is 3.54. The number of hydrogen-bond donors (Lipinski definition) is 1. The van der Waals surface area contributed by atoms with Crippen LogP contribution in [0.25, 0.3) is 0 Å². The number of hydrazine groups is 1. The number of ether oxygens (including phenoxy) is 1. The van der Waals surface area contributed by atoms with Crippen molar-refractivity contribution in [3.05, 3.63) is 65.2 Å². The van der Waals surface area contributed by atoms with E-state index in [-0.39, 0.29) is 5.84 Å². The van der Waals surface area contributed by atoms with E-state index in [1.807, 2.05) is 0 Å². The van der Waals surface area contributed by atoms with Crippen LogP contribution in [0, 0.1) is 0 Å². The molecule has 136 valence electrons. The Morgan fingerprint density at radius 2 is 1.77 bits per heavy atom. The number of nitrogens with one attached hydrogen (secondary N) is 1. The van der Waals surface area contributed by atoms with E-state index in [0.717, 1.165) is 12.1 Å². The summed E-state index contributed by atoms with van der Waals surface area (Å²) in [7, 11) is 0.875. The molecule has 0 aliphatic carbocycles. The lowest BCUT2D eigenvalue weighted by Gasteiger charge is -2.29. The van der Waals surface area contributed by atoms with E-state index in [9.17, 15) is 18.0 Å². The third-order valence-electron chi connectivity index (χ3n) is 3.77. The molecule has 2 aromatic rings. The first-order valence-corrected chi connectivity index (χ1v) is 7.80. The van der Waals surface area contributed by atoms with Gasteiger partial charge in [-0.3, -0.25) is 5.01 Å². The fourth-order valence-electron chi connectivity index (χ4n) is 2.49. The van der Waals surface area contributed by atoms with Gasteiger partial charge in [-0.1, -0.05) is 29.8 Å². The van der Waals surface area contributed by atoms with Gasteiger partial charge in [0.05, 0.1) is 12.8 Å². The Balaban J connectivity index is 2.18. The first-order chi connectivity index (χ1) is 12.3. The number of rotatable bonds is 3. The number of anilines is 1. The third-order valence-corrected chi connectivity index (χ3v) is 4.02. The van der Waals surface area contributed by atoms with Crippen LogP contribution in [0.4, 0.5) is 18.9 Å². The fraction of sp³-hybridized carbons (Fsp3) is 0.176. The predicted molar refractivity (Wildman–Crippen MR) is 90.8 cm³/mol. The smallest absolute Gasteiger partial charge is 0.440 e. The molecule has 1 heterocycles. The van der Waals surface area contributed by atoms with Crippen LogP contribution in [0.2, 0.25) is 5.02 Å². The standard InChI is InChI=1S/C17H13ClF3N3O2/c1-26-15(25)16(17(19,20)21)22-14(11-7-9-12(18)10-8-11)24(23-16)13-5-3-2-4-6-13/h2-10,23H,1H3/t16-/m1/s1. The van der Waals surface area contributed by atoms with Gasteiger partial charge in [0.1, 0.15) is 0 Å². The van der Waals surface area contributed by atoms with Crippen LogP contribution < -0.4 is 10.4 Å². The van der Waals surface area contributed by atoms with E-state index in [4.69, 9.17) is 11.6 Å². The van der Waals surface area contributed by atoms with Gasteiger partial charge in [0.25, 0.3) is 0 Å². The molecule has 3 rings (SSSR count). The quantitative estimate of drug-likeness (QED) is 0.824. The minimum atomic E-state index is -5.03. The minimum Gasteiger partial charge on any atom is -0.466 e. The molecule has 26 heavy (non-hydrogen) atoms. The molecule has 9 heteroatoms. The molecule has 1 N–H and O–H groups in total. The summed E-state index contributed by atoms with van der Waals surface area (Å²) in [5.74, 6) is -1.65. The number of para-hydroxylation sites is 1. The largest absolute Gasteiger partial charge is 0.466 e. The topological polar surface area (TPSA) is 53.9 Å². The SMILES string of the molecule is COC(=O)[C@@]1(C(F)(F)F)N=C(c2ccc(Cl)cc2)N(c2ccccc2)N1. The maximum atomic E-state index is 13.8. The van der Waals surface area contributed by atoms with E-state index in [1.165, 1.54) is 24.3 Å². The Hall–Kier alpha value is -2.58. The number of halogens is 4. The Morgan fingerprint density at radius 1 is 1.15 bits per heavy atom. The van der Waals surface area contributed by atoms with E-state index < -0.39 is 17.8 Å². The van der Waals surface area contributed by atoms with Crippen molar-refractivity contribution >= 4 is 29.1 Å². The van der Waals surface area contributed by atoms with Gasteiger partial charge in [0.15, 0.2) is 5.84 Å². The van der Waals surface area contributed by atoms with Crippen molar-refractivity contribution in [2.45, 2.75) is 11.8 Å². The lowest BCUT2D eigenvalue weighted by Crippen LogP contribution is -2.62. The second kappa shape index (κ2) is 6.62. The first-order valence-electron chi connectivity index (χ1n) is 7.42. The van der Waals surface area contributed by atoms with Crippen LogP contribution >= 0.6 is 11.6 Å². The lowest BCUT2D eigenvalue weighted by atomic mass is 10.1. The Labute approximate surface area is 152 Å². The van der Waals surface area contributed by atoms with Gasteiger partial charge in [-0.2, -0.15) is 18.6 Å². The summed E-state index contributed by atoms with van der Waals surface area (Å²) in [6.45, 7) is 0. The summed E-state index contributed by atoms with van der Waals surface area (Å²) < 4.78 is 45.7. The van der Waals surface area contributed by atoms with Crippen LogP contribution in [0.15, 0.2) is 59.6 Å². The van der Waals surface area contributed by atoms with Gasteiger partial charge < -0.3 is 4.74 Å². The Kier molecular flexibility index (Phi) is 4.64. The number of hydrogen-bond acceptors (Lipinski definition) is 5. The molecule has 0 bridgehead atoms. The molecule has 2 aromatic carbocycles. The summed E-state index contributed by atoms with van der Waals surface area (Å²) in [6, 6.07) is 14.3. The molecule has 0 spiro atoms. The number of aliphatic imine (C=N–C) groups is 1. The second-order valence-corrected chi connectivity index (χ2v) is 5.86. The minimum absolute atomic E-state index is 0.0874. The first kappa shape index (κ1) is 18.2. The number of nitrogens with zero attached hydrogens (tertiary/aromatic N) is 2. The van der Waals surface area contributed by atoms with Gasteiger partial charge in [0, 0.05) is 10.6 Å². The van der Waals surface area contributed by atoms with Crippen LogP contribution in [0.3, 0.4) is 0 Å². The number of amidine groups is 1. The molecule has 0 saturated carbocycles. The number of benzene rings is 2. The van der Waals surface area contributed by atoms with Crippen molar-refractivity contribution in [2.24, 2.45) is 4.99 Å². The zero-order valence-electron chi connectivity index (χ0n) is 13.4. The highest BCUT2D eigenvalue weighted by atomic mass is 35.5. The summed E-state index contributed by atoms with van der Waals surface area (Å²) in [6.07, 6.45) is -5.03. The fourth-order valence-corrected chi connectivity index (χ4v) is 2.61. The number of esters is 1. The summed E-state index contributed by atoms with van der Waals surface area (Å²) in [5.41, 5.74) is -0.352. The van der Waals surface area contributed by atoms with Crippen LogP contribution in [-0.4, -0.2) is 30.8 Å². The van der Waals surface area contributed by atoms with Gasteiger partial charge in [-0.05, 0) is 36.4 Å². The van der Waals surface area contributed by atoms with Gasteiger partial charge in [0.2, 0.25) is 0 Å². The number of methoxy groups -OCH3 is 1. The highest BCUT2D eigenvalue weighted by Gasteiger charge is 2.66. The molecule has 1 aliphatic heterocycles. The van der Waals surface area contributed by atoms with E-state index in [2.05, 4.69) is 15.2 Å². The van der Waals surface area contributed by atoms with Gasteiger partial charge >= 0.3 is 17.8 Å². The van der Waals surface area contributed by atoms with Crippen molar-refractivity contribution in [2.75, 3.05) is 12.1 Å². The molecule has 0 saturated heterocycles. The zero-order chi connectivity index (χ0) is 18.9. The van der Waals surface area contributed by atoms with E-state index >= 15 is 0 Å². The van der Waals surface area contributed by atoms with Gasteiger partial charge in [-0.15, -0.1) is 0 Å². The molecular formula is C17H13ClF3N3O2. The lowest BCUT2D eigenvalue weighted by molar-refractivity contribution is -0.208. The average Bonchev–Trinajstić information content (AvgIpc) is 3.04. The zero-order valence-corrected chi connectivity index (χ0v) is 14.2. The van der Waals surface area contributed by atoms with Crippen molar-refractivity contribution in [1.82, 2.24) is 5.43 Å². The number of carbonyl (C=O) groups is 1. The molecule has 0 radical (unpaired) electrons. The van der Waals surface area contributed by atoms with Crippen molar-refractivity contribution in [1.29, 1.82) is 0 Å². The molecule has 5 nitrogen and oxygen atoms in total. The van der Waals surface area contributed by atoms with Crippen molar-refractivity contribution < 1.29 is 22.7 Å². The van der Waals surface area contributed by atoms with Crippen molar-refractivity contribution in [3.63, 3.8) is 0 Å². The van der Waals surface area contributed by atoms with Crippen LogP contribution in [-0.2, 0) is 9.53 Å². The Morgan fingerprint density at radius 3 is 2.31 bits per heavy atom. The van der Waals surface area contributed by atoms with Gasteiger partial charge in [-0.25, -0.2) is 9.79 Å². The monoisotopic (exact) mass is 383 g/mol. The molecular weight excluding hydrogens is 371 g/mol. The second-order valence-electron chi connectivity index (χ2n) is 5.42. The highest BCUT2D eigenvalue weighted by molar-refractivity contribution is 6.30. The van der Waals surface area contributed by atoms with E-state index in [0.29, 0.717) is 16.3 Å². The maximum absolute atomic E-state index is 13.8. The number of alkyl halides is 3. The molecule has 0 aromatic heterocycles. The highest BCUT2D eigenvalue weighted by Crippen LogP contribution is 2.38. The average molecular weight is 384 g/mol. The third kappa shape index (κ3) is 3.02. The maximum Gasteiger partial charge on any atom is 0.440 e. The van der Waals surface area contributed by atoms with E-state index in [1.54, 1.807) is 30.3 Å². The molecule has 1 atom stereocenters. The normalized spacial score (nSPS) is 20.0. The summed E-state index contributed by atoms with van der Waals surface area (Å²) in [4.78, 5) is 15.7. The molecule has 0 unspecified atom stereocenters. The Bertz CT molecular complexity index is 841. The molecule has 0 amide bonds.